The number of hydrogen-bond donors (Lipinski definition) is 4. The third-order valence-corrected chi connectivity index (χ3v) is 4.33. The Labute approximate surface area is 155 Å². The van der Waals surface area contributed by atoms with Crippen LogP contribution in [0.2, 0.25) is 0 Å². The van der Waals surface area contributed by atoms with Crippen LogP contribution in [-0.4, -0.2) is 33.0 Å². The largest absolute Gasteiger partial charge is 0.507 e. The lowest BCUT2D eigenvalue weighted by Crippen LogP contribution is -2.00. The van der Waals surface area contributed by atoms with Crippen LogP contribution < -0.4 is 4.74 Å². The standard InChI is InChI=1S/C21H20O6/c22-18-12-16(6-7-17(18)21(25)26)27-8-2-1-3-13-4-5-14-10-19(23)20(24)11-15(14)9-13/h4-7,9-12,22-24H,1-3,8H2,(H,25,26). The van der Waals surface area contributed by atoms with Crippen LogP contribution in [0.4, 0.5) is 0 Å². The Bertz CT molecular complexity index is 980. The second kappa shape index (κ2) is 7.86. The minimum Gasteiger partial charge on any atom is -0.507 e. The summed E-state index contributed by atoms with van der Waals surface area (Å²) in [6, 6.07) is 13.1. The van der Waals surface area contributed by atoms with Crippen molar-refractivity contribution in [3.8, 4) is 23.0 Å². The van der Waals surface area contributed by atoms with Crippen molar-refractivity contribution in [3.63, 3.8) is 0 Å². The molecule has 0 amide bonds. The molecule has 0 spiro atoms. The zero-order valence-corrected chi connectivity index (χ0v) is 14.6. The second-order valence-electron chi connectivity index (χ2n) is 6.31. The maximum Gasteiger partial charge on any atom is 0.339 e. The lowest BCUT2D eigenvalue weighted by Gasteiger charge is -2.08. The average Bonchev–Trinajstić information content (AvgIpc) is 2.62. The first-order valence-electron chi connectivity index (χ1n) is 8.58. The fourth-order valence-corrected chi connectivity index (χ4v) is 2.88. The molecular weight excluding hydrogens is 348 g/mol. The van der Waals surface area contributed by atoms with Gasteiger partial charge in [-0.2, -0.15) is 0 Å². The number of aromatic hydroxyl groups is 3. The quantitative estimate of drug-likeness (QED) is 0.370. The first-order chi connectivity index (χ1) is 12.9. The molecule has 0 bridgehead atoms. The van der Waals surface area contributed by atoms with Gasteiger partial charge in [0, 0.05) is 6.07 Å². The molecule has 0 aromatic heterocycles. The number of hydrogen-bond acceptors (Lipinski definition) is 5. The molecule has 0 saturated heterocycles. The van der Waals surface area contributed by atoms with Crippen LogP contribution in [0.25, 0.3) is 10.8 Å². The number of unbranched alkanes of at least 4 members (excludes halogenated alkanes) is 1. The molecule has 3 aromatic rings. The van der Waals surface area contributed by atoms with Gasteiger partial charge in [0.15, 0.2) is 11.5 Å². The van der Waals surface area contributed by atoms with Gasteiger partial charge in [0.2, 0.25) is 0 Å². The Hall–Kier alpha value is -3.41. The molecular formula is C21H20O6. The molecule has 27 heavy (non-hydrogen) atoms. The van der Waals surface area contributed by atoms with E-state index in [-0.39, 0.29) is 22.8 Å². The summed E-state index contributed by atoms with van der Waals surface area (Å²) < 4.78 is 5.54. The molecule has 0 saturated carbocycles. The molecule has 6 nitrogen and oxygen atoms in total. The molecule has 0 aliphatic rings. The minimum absolute atomic E-state index is 0.130. The number of carboxylic acids is 1. The van der Waals surface area contributed by atoms with Crippen molar-refractivity contribution >= 4 is 16.7 Å². The van der Waals surface area contributed by atoms with Gasteiger partial charge in [0.05, 0.1) is 6.61 Å². The van der Waals surface area contributed by atoms with Gasteiger partial charge in [-0.05, 0) is 59.9 Å². The summed E-state index contributed by atoms with van der Waals surface area (Å²) in [5, 5.41) is 39.4. The van der Waals surface area contributed by atoms with E-state index < -0.39 is 5.97 Å². The normalized spacial score (nSPS) is 10.8. The lowest BCUT2D eigenvalue weighted by atomic mass is 10.0. The number of rotatable bonds is 7. The third kappa shape index (κ3) is 4.41. The van der Waals surface area contributed by atoms with Gasteiger partial charge in [-0.1, -0.05) is 18.2 Å². The summed E-state index contributed by atoms with van der Waals surface area (Å²) in [7, 11) is 0. The zero-order valence-electron chi connectivity index (χ0n) is 14.6. The van der Waals surface area contributed by atoms with Gasteiger partial charge in [-0.25, -0.2) is 4.79 Å². The topological polar surface area (TPSA) is 107 Å². The second-order valence-corrected chi connectivity index (χ2v) is 6.31. The summed E-state index contributed by atoms with van der Waals surface area (Å²) in [5.74, 6) is -1.33. The summed E-state index contributed by atoms with van der Waals surface area (Å²) in [5.41, 5.74) is 0.967. The van der Waals surface area contributed by atoms with E-state index in [0.717, 1.165) is 35.6 Å². The van der Waals surface area contributed by atoms with Crippen LogP contribution in [-0.2, 0) is 6.42 Å². The first kappa shape index (κ1) is 18.4. The van der Waals surface area contributed by atoms with E-state index >= 15 is 0 Å². The van der Waals surface area contributed by atoms with Crippen molar-refractivity contribution < 1.29 is 30.0 Å². The summed E-state index contributed by atoms with van der Waals surface area (Å²) in [4.78, 5) is 10.9. The van der Waals surface area contributed by atoms with Crippen LogP contribution in [0.5, 0.6) is 23.0 Å². The highest BCUT2D eigenvalue weighted by Crippen LogP contribution is 2.30. The van der Waals surface area contributed by atoms with E-state index in [1.54, 1.807) is 6.07 Å². The first-order valence-corrected chi connectivity index (χ1v) is 8.58. The maximum absolute atomic E-state index is 10.9. The number of carboxylic acid groups (broad SMARTS) is 1. The van der Waals surface area contributed by atoms with Gasteiger partial charge < -0.3 is 25.2 Å². The molecule has 6 heteroatoms. The van der Waals surface area contributed by atoms with Crippen molar-refractivity contribution in [3.05, 3.63) is 59.7 Å². The van der Waals surface area contributed by atoms with Crippen LogP contribution in [0.1, 0.15) is 28.8 Å². The van der Waals surface area contributed by atoms with Crippen molar-refractivity contribution in [1.29, 1.82) is 0 Å². The highest BCUT2D eigenvalue weighted by atomic mass is 16.5. The van der Waals surface area contributed by atoms with Gasteiger partial charge >= 0.3 is 5.97 Å². The van der Waals surface area contributed by atoms with Gasteiger partial charge in [-0.15, -0.1) is 0 Å². The number of aryl methyl sites for hydroxylation is 1. The predicted octanol–water partition coefficient (Wildman–Crippen LogP) is 4.06. The summed E-state index contributed by atoms with van der Waals surface area (Å²) >= 11 is 0. The highest BCUT2D eigenvalue weighted by Gasteiger charge is 2.10. The van der Waals surface area contributed by atoms with Crippen LogP contribution in [0, 0.1) is 0 Å². The van der Waals surface area contributed by atoms with Crippen LogP contribution in [0.3, 0.4) is 0 Å². The number of fused-ring (bicyclic) bond motifs is 1. The minimum atomic E-state index is -1.18. The number of phenolic OH excluding ortho intramolecular Hbond substituents is 2. The van der Waals surface area contributed by atoms with Crippen molar-refractivity contribution in [2.75, 3.05) is 6.61 Å². The fourth-order valence-electron chi connectivity index (χ4n) is 2.88. The third-order valence-electron chi connectivity index (χ3n) is 4.33. The molecule has 0 aliphatic carbocycles. The van der Waals surface area contributed by atoms with Crippen LogP contribution >= 0.6 is 0 Å². The van der Waals surface area contributed by atoms with E-state index in [9.17, 15) is 20.1 Å². The molecule has 0 heterocycles. The Kier molecular flexibility index (Phi) is 5.35. The SMILES string of the molecule is O=C(O)c1ccc(OCCCCc2ccc3cc(O)c(O)cc3c2)cc1O. The summed E-state index contributed by atoms with van der Waals surface area (Å²) in [6.45, 7) is 0.452. The average molecular weight is 368 g/mol. The highest BCUT2D eigenvalue weighted by molar-refractivity contribution is 5.91. The molecule has 0 aliphatic heterocycles. The summed E-state index contributed by atoms with van der Waals surface area (Å²) in [6.07, 6.45) is 2.51. The Morgan fingerprint density at radius 3 is 2.26 bits per heavy atom. The van der Waals surface area contributed by atoms with E-state index in [1.165, 1.54) is 24.3 Å². The zero-order chi connectivity index (χ0) is 19.4. The Morgan fingerprint density at radius 2 is 1.56 bits per heavy atom. The molecule has 3 rings (SSSR count). The van der Waals surface area contributed by atoms with E-state index in [4.69, 9.17) is 9.84 Å². The van der Waals surface area contributed by atoms with Crippen molar-refractivity contribution in [2.24, 2.45) is 0 Å². The van der Waals surface area contributed by atoms with Crippen molar-refractivity contribution in [1.82, 2.24) is 0 Å². The number of phenols is 3. The molecule has 0 radical (unpaired) electrons. The number of aromatic carboxylic acids is 1. The smallest absolute Gasteiger partial charge is 0.339 e. The predicted molar refractivity (Wildman–Crippen MR) is 101 cm³/mol. The fraction of sp³-hybridized carbons (Fsp3) is 0.190. The lowest BCUT2D eigenvalue weighted by molar-refractivity contribution is 0.0693. The number of carbonyl (C=O) groups is 1. The molecule has 3 aromatic carbocycles. The molecule has 4 N–H and O–H groups in total. The van der Waals surface area contributed by atoms with E-state index in [2.05, 4.69) is 0 Å². The molecule has 0 unspecified atom stereocenters. The molecule has 0 fully saturated rings. The maximum atomic E-state index is 10.9. The van der Waals surface area contributed by atoms with E-state index in [1.807, 2.05) is 18.2 Å². The Balaban J connectivity index is 1.50. The molecule has 140 valence electrons. The Morgan fingerprint density at radius 1 is 0.815 bits per heavy atom. The van der Waals surface area contributed by atoms with Crippen LogP contribution in [0.15, 0.2) is 48.5 Å². The number of benzene rings is 3. The number of ether oxygens (including phenoxy) is 1. The van der Waals surface area contributed by atoms with E-state index in [0.29, 0.717) is 12.4 Å². The molecule has 0 atom stereocenters. The van der Waals surface area contributed by atoms with Gasteiger partial charge in [0.25, 0.3) is 0 Å². The van der Waals surface area contributed by atoms with Gasteiger partial charge in [0.1, 0.15) is 17.1 Å². The monoisotopic (exact) mass is 368 g/mol. The van der Waals surface area contributed by atoms with Gasteiger partial charge in [-0.3, -0.25) is 0 Å². The van der Waals surface area contributed by atoms with Crippen molar-refractivity contribution in [2.45, 2.75) is 19.3 Å².